The minimum atomic E-state index is 0.485. The van der Waals surface area contributed by atoms with Gasteiger partial charge in [-0.05, 0) is 35.0 Å². The fourth-order valence-corrected chi connectivity index (χ4v) is 3.02. The Hall–Kier alpha value is 0. The van der Waals surface area contributed by atoms with Gasteiger partial charge in [-0.2, -0.15) is 0 Å². The molecule has 1 saturated carbocycles. The Morgan fingerprint density at radius 2 is 1.38 bits per heavy atom. The average molecular weight is 182 g/mol. The van der Waals surface area contributed by atoms with Crippen LogP contribution >= 0.6 is 0 Å². The van der Waals surface area contributed by atoms with E-state index < -0.39 is 0 Å². The molecule has 0 radical (unpaired) electrons. The number of hydrogen-bond donors (Lipinski definition) is 0. The predicted octanol–water partition coefficient (Wildman–Crippen LogP) is 4.35. The molecule has 0 aromatic carbocycles. The molecule has 1 aliphatic rings. The van der Waals surface area contributed by atoms with Gasteiger partial charge in [-0.25, -0.2) is 0 Å². The normalized spacial score (nSPS) is 43.2. The number of rotatable bonds is 0. The molecule has 13 heavy (non-hydrogen) atoms. The van der Waals surface area contributed by atoms with Gasteiger partial charge in [0.05, 0.1) is 0 Å². The van der Waals surface area contributed by atoms with Gasteiger partial charge in [0.15, 0.2) is 0 Å². The van der Waals surface area contributed by atoms with Gasteiger partial charge < -0.3 is 0 Å². The van der Waals surface area contributed by atoms with E-state index >= 15 is 0 Å². The Balaban J connectivity index is 2.96. The maximum atomic E-state index is 2.44. The summed E-state index contributed by atoms with van der Waals surface area (Å²) in [5.41, 5.74) is 0.983. The van der Waals surface area contributed by atoms with E-state index in [-0.39, 0.29) is 0 Å². The SMILES string of the molecule is CC1CC(C)(C)C(C)(C)C(C)C1C. The van der Waals surface area contributed by atoms with Crippen molar-refractivity contribution in [3.8, 4) is 0 Å². The Morgan fingerprint density at radius 1 is 0.923 bits per heavy atom. The van der Waals surface area contributed by atoms with Crippen LogP contribution in [-0.4, -0.2) is 0 Å². The van der Waals surface area contributed by atoms with Crippen LogP contribution < -0.4 is 0 Å². The fourth-order valence-electron chi connectivity index (χ4n) is 3.02. The maximum absolute atomic E-state index is 2.44. The monoisotopic (exact) mass is 182 g/mol. The standard InChI is InChI=1S/C13H26/c1-9-8-12(4,5)13(6,7)11(3)10(9)2/h9-11H,8H2,1-7H3. The molecule has 1 rings (SSSR count). The van der Waals surface area contributed by atoms with Gasteiger partial charge >= 0.3 is 0 Å². The van der Waals surface area contributed by atoms with Crippen LogP contribution in [0.25, 0.3) is 0 Å². The molecule has 0 saturated heterocycles. The Kier molecular flexibility index (Phi) is 2.56. The summed E-state index contributed by atoms with van der Waals surface area (Å²) in [6.07, 6.45) is 1.38. The first-order valence-corrected chi connectivity index (χ1v) is 5.70. The quantitative estimate of drug-likeness (QED) is 0.522. The molecule has 1 fully saturated rings. The molecule has 0 bridgehead atoms. The van der Waals surface area contributed by atoms with Crippen LogP contribution in [0.3, 0.4) is 0 Å². The van der Waals surface area contributed by atoms with Gasteiger partial charge in [0.2, 0.25) is 0 Å². The van der Waals surface area contributed by atoms with Crippen molar-refractivity contribution in [2.45, 2.75) is 54.9 Å². The third kappa shape index (κ3) is 1.53. The van der Waals surface area contributed by atoms with Crippen molar-refractivity contribution in [3.05, 3.63) is 0 Å². The minimum absolute atomic E-state index is 0.485. The minimum Gasteiger partial charge on any atom is -0.0622 e. The van der Waals surface area contributed by atoms with E-state index in [4.69, 9.17) is 0 Å². The van der Waals surface area contributed by atoms with E-state index in [0.29, 0.717) is 10.8 Å². The zero-order chi connectivity index (χ0) is 10.4. The molecule has 0 amide bonds. The van der Waals surface area contributed by atoms with Crippen LogP contribution in [0, 0.1) is 28.6 Å². The zero-order valence-electron chi connectivity index (χ0n) is 10.4. The van der Waals surface area contributed by atoms with Crippen molar-refractivity contribution in [1.82, 2.24) is 0 Å². The van der Waals surface area contributed by atoms with Crippen LogP contribution in [-0.2, 0) is 0 Å². The summed E-state index contributed by atoms with van der Waals surface area (Å²) in [5, 5.41) is 0. The van der Waals surface area contributed by atoms with Crippen LogP contribution in [0.2, 0.25) is 0 Å². The van der Waals surface area contributed by atoms with Crippen molar-refractivity contribution >= 4 is 0 Å². The Labute approximate surface area is 84.1 Å². The maximum Gasteiger partial charge on any atom is -0.0275 e. The molecule has 3 unspecified atom stereocenters. The lowest BCUT2D eigenvalue weighted by molar-refractivity contribution is -0.0605. The first-order valence-electron chi connectivity index (χ1n) is 5.70. The first kappa shape index (κ1) is 11.1. The largest absolute Gasteiger partial charge is 0.0622 e. The lowest BCUT2D eigenvalue weighted by Gasteiger charge is -2.55. The predicted molar refractivity (Wildman–Crippen MR) is 59.7 cm³/mol. The molecule has 0 heteroatoms. The number of hydrogen-bond acceptors (Lipinski definition) is 0. The smallest absolute Gasteiger partial charge is 0.0275 e. The van der Waals surface area contributed by atoms with Crippen LogP contribution in [0.5, 0.6) is 0 Å². The molecule has 0 heterocycles. The second-order valence-corrected chi connectivity index (χ2v) is 6.43. The highest BCUT2D eigenvalue weighted by molar-refractivity contribution is 4.97. The highest BCUT2D eigenvalue weighted by Gasteiger charge is 2.48. The summed E-state index contributed by atoms with van der Waals surface area (Å²) in [5.74, 6) is 2.60. The third-order valence-electron chi connectivity index (χ3n) is 5.40. The van der Waals surface area contributed by atoms with E-state index in [9.17, 15) is 0 Å². The van der Waals surface area contributed by atoms with Crippen molar-refractivity contribution in [1.29, 1.82) is 0 Å². The summed E-state index contributed by atoms with van der Waals surface area (Å²) in [6.45, 7) is 17.0. The van der Waals surface area contributed by atoms with Gasteiger partial charge in [0.25, 0.3) is 0 Å². The lowest BCUT2D eigenvalue weighted by atomic mass is 9.50. The Morgan fingerprint density at radius 3 is 1.85 bits per heavy atom. The Bertz CT molecular complexity index is 188. The summed E-state index contributed by atoms with van der Waals surface area (Å²) in [6, 6.07) is 0. The van der Waals surface area contributed by atoms with Gasteiger partial charge in [-0.15, -0.1) is 0 Å². The van der Waals surface area contributed by atoms with Crippen LogP contribution in [0.4, 0.5) is 0 Å². The first-order chi connectivity index (χ1) is 5.70. The summed E-state index contributed by atoms with van der Waals surface area (Å²) in [4.78, 5) is 0. The fraction of sp³-hybridized carbons (Fsp3) is 1.00. The van der Waals surface area contributed by atoms with E-state index in [2.05, 4.69) is 48.5 Å². The molecule has 0 spiro atoms. The van der Waals surface area contributed by atoms with Gasteiger partial charge in [0, 0.05) is 0 Å². The van der Waals surface area contributed by atoms with Crippen molar-refractivity contribution in [3.63, 3.8) is 0 Å². The van der Waals surface area contributed by atoms with Crippen molar-refractivity contribution in [2.75, 3.05) is 0 Å². The van der Waals surface area contributed by atoms with Crippen LogP contribution in [0.1, 0.15) is 54.9 Å². The van der Waals surface area contributed by atoms with E-state index in [1.165, 1.54) is 6.42 Å². The highest BCUT2D eigenvalue weighted by Crippen LogP contribution is 2.56. The molecule has 0 aromatic heterocycles. The van der Waals surface area contributed by atoms with Crippen molar-refractivity contribution in [2.24, 2.45) is 28.6 Å². The summed E-state index contributed by atoms with van der Waals surface area (Å²) >= 11 is 0. The lowest BCUT2D eigenvalue weighted by Crippen LogP contribution is -2.47. The molecular weight excluding hydrogens is 156 g/mol. The highest BCUT2D eigenvalue weighted by atomic mass is 14.5. The molecule has 1 aliphatic carbocycles. The average Bonchev–Trinajstić information content (AvgIpc) is 1.98. The van der Waals surface area contributed by atoms with Crippen molar-refractivity contribution < 1.29 is 0 Å². The molecule has 0 aliphatic heterocycles. The molecule has 0 N–H and O–H groups in total. The summed E-state index contributed by atoms with van der Waals surface area (Å²) in [7, 11) is 0. The van der Waals surface area contributed by atoms with E-state index in [1.54, 1.807) is 0 Å². The molecular formula is C13H26. The topological polar surface area (TPSA) is 0 Å². The molecule has 0 nitrogen and oxygen atoms in total. The van der Waals surface area contributed by atoms with Gasteiger partial charge in [-0.3, -0.25) is 0 Å². The second-order valence-electron chi connectivity index (χ2n) is 6.43. The molecule has 78 valence electrons. The molecule has 3 atom stereocenters. The second kappa shape index (κ2) is 3.00. The summed E-state index contributed by atoms with van der Waals surface area (Å²) < 4.78 is 0. The van der Waals surface area contributed by atoms with E-state index in [0.717, 1.165) is 17.8 Å². The van der Waals surface area contributed by atoms with Crippen LogP contribution in [0.15, 0.2) is 0 Å². The molecule has 0 aromatic rings. The van der Waals surface area contributed by atoms with Gasteiger partial charge in [0.1, 0.15) is 0 Å². The van der Waals surface area contributed by atoms with Gasteiger partial charge in [-0.1, -0.05) is 48.5 Å². The van der Waals surface area contributed by atoms with E-state index in [1.807, 2.05) is 0 Å². The third-order valence-corrected chi connectivity index (χ3v) is 5.40. The zero-order valence-corrected chi connectivity index (χ0v) is 10.4.